The Morgan fingerprint density at radius 1 is 1.29 bits per heavy atom. The van der Waals surface area contributed by atoms with Gasteiger partial charge in [0.05, 0.1) is 0 Å². The number of thiophene rings is 2. The van der Waals surface area contributed by atoms with E-state index in [0.29, 0.717) is 0 Å². The number of nitrogens with one attached hydrogen (secondary N) is 1. The van der Waals surface area contributed by atoms with Gasteiger partial charge in [-0.3, -0.25) is 0 Å². The molecule has 0 aromatic carbocycles. The highest BCUT2D eigenvalue weighted by Gasteiger charge is 1.98. The van der Waals surface area contributed by atoms with Crippen LogP contribution >= 0.6 is 22.7 Å². The average molecular weight is 223 g/mol. The van der Waals surface area contributed by atoms with Gasteiger partial charge in [-0.05, 0) is 40.3 Å². The Labute approximate surface area is 92.4 Å². The highest BCUT2D eigenvalue weighted by molar-refractivity contribution is 7.09. The van der Waals surface area contributed by atoms with E-state index >= 15 is 0 Å². The zero-order valence-electron chi connectivity index (χ0n) is 8.12. The fourth-order valence-electron chi connectivity index (χ4n) is 1.30. The molecule has 2 aromatic heterocycles. The van der Waals surface area contributed by atoms with Gasteiger partial charge in [-0.1, -0.05) is 6.07 Å². The minimum absolute atomic E-state index is 0.979. The van der Waals surface area contributed by atoms with Crippen molar-refractivity contribution in [1.29, 1.82) is 0 Å². The molecule has 0 amide bonds. The van der Waals surface area contributed by atoms with Crippen molar-refractivity contribution in [3.63, 3.8) is 0 Å². The smallest absolute Gasteiger partial charge is 0.0302 e. The molecule has 0 saturated heterocycles. The van der Waals surface area contributed by atoms with Crippen molar-refractivity contribution in [2.24, 2.45) is 0 Å². The summed E-state index contributed by atoms with van der Waals surface area (Å²) in [4.78, 5) is 1.40. The first-order chi connectivity index (χ1) is 6.86. The summed E-state index contributed by atoms with van der Waals surface area (Å²) in [6, 6.07) is 4.26. The molecule has 0 bridgehead atoms. The molecule has 14 heavy (non-hydrogen) atoms. The topological polar surface area (TPSA) is 12.0 Å². The Kier molecular flexibility index (Phi) is 3.35. The van der Waals surface area contributed by atoms with E-state index in [1.54, 1.807) is 22.7 Å². The number of hydrogen-bond acceptors (Lipinski definition) is 3. The molecule has 0 saturated carbocycles. The van der Waals surface area contributed by atoms with E-state index < -0.39 is 0 Å². The molecule has 0 atom stereocenters. The summed E-state index contributed by atoms with van der Waals surface area (Å²) in [6.45, 7) is 4.12. The molecule has 3 heteroatoms. The zero-order chi connectivity index (χ0) is 9.80. The van der Waals surface area contributed by atoms with Crippen LogP contribution < -0.4 is 5.32 Å². The normalized spacial score (nSPS) is 10.6. The molecular weight excluding hydrogens is 210 g/mol. The Morgan fingerprint density at radius 3 is 2.86 bits per heavy atom. The lowest BCUT2D eigenvalue weighted by molar-refractivity contribution is 0.700. The molecule has 0 radical (unpaired) electrons. The minimum atomic E-state index is 0.979. The van der Waals surface area contributed by atoms with Crippen LogP contribution in [0.2, 0.25) is 0 Å². The van der Waals surface area contributed by atoms with Crippen LogP contribution in [0, 0.1) is 6.92 Å². The van der Waals surface area contributed by atoms with E-state index in [0.717, 1.165) is 13.1 Å². The standard InChI is InChI=1S/C11H13NS2/c1-9-7-13-8-10(9)5-12-6-11-3-2-4-14-11/h2-4,7-8,12H,5-6H2,1H3. The molecule has 1 nitrogen and oxygen atoms in total. The van der Waals surface area contributed by atoms with Crippen molar-refractivity contribution in [2.75, 3.05) is 0 Å². The van der Waals surface area contributed by atoms with Crippen LogP contribution in [0.1, 0.15) is 16.0 Å². The van der Waals surface area contributed by atoms with Crippen molar-refractivity contribution in [3.8, 4) is 0 Å². The van der Waals surface area contributed by atoms with Crippen LogP contribution in [0.4, 0.5) is 0 Å². The summed E-state index contributed by atoms with van der Waals surface area (Å²) < 4.78 is 0. The molecule has 0 spiro atoms. The average Bonchev–Trinajstić information content (AvgIpc) is 2.78. The van der Waals surface area contributed by atoms with Crippen LogP contribution in [0.25, 0.3) is 0 Å². The van der Waals surface area contributed by atoms with Crippen molar-refractivity contribution in [2.45, 2.75) is 20.0 Å². The SMILES string of the molecule is Cc1cscc1CNCc1cccs1. The van der Waals surface area contributed by atoms with Crippen LogP contribution in [-0.2, 0) is 13.1 Å². The fourth-order valence-corrected chi connectivity index (χ4v) is 2.83. The molecule has 0 unspecified atom stereocenters. The summed E-state index contributed by atoms with van der Waals surface area (Å²) in [7, 11) is 0. The van der Waals surface area contributed by atoms with Gasteiger partial charge in [0.15, 0.2) is 0 Å². The highest BCUT2D eigenvalue weighted by Crippen LogP contribution is 2.14. The van der Waals surface area contributed by atoms with E-state index in [-0.39, 0.29) is 0 Å². The largest absolute Gasteiger partial charge is 0.308 e. The van der Waals surface area contributed by atoms with Crippen molar-refractivity contribution < 1.29 is 0 Å². The Morgan fingerprint density at radius 2 is 2.21 bits per heavy atom. The second-order valence-corrected chi connectivity index (χ2v) is 5.04. The molecule has 0 aliphatic carbocycles. The van der Waals surface area contributed by atoms with Gasteiger partial charge in [-0.15, -0.1) is 11.3 Å². The molecule has 2 rings (SSSR count). The summed E-state index contributed by atoms with van der Waals surface area (Å²) in [5, 5.41) is 9.98. The summed E-state index contributed by atoms with van der Waals surface area (Å²) in [5.41, 5.74) is 2.82. The van der Waals surface area contributed by atoms with Crippen LogP contribution in [0.3, 0.4) is 0 Å². The van der Waals surface area contributed by atoms with Gasteiger partial charge in [0, 0.05) is 18.0 Å². The minimum Gasteiger partial charge on any atom is -0.308 e. The molecule has 1 N–H and O–H groups in total. The predicted octanol–water partition coefficient (Wildman–Crippen LogP) is 3.41. The van der Waals surface area contributed by atoms with E-state index in [1.165, 1.54) is 16.0 Å². The molecule has 2 heterocycles. The molecule has 0 fully saturated rings. The van der Waals surface area contributed by atoms with Crippen molar-refractivity contribution in [1.82, 2.24) is 5.32 Å². The lowest BCUT2D eigenvalue weighted by atomic mass is 10.2. The third-order valence-corrected chi connectivity index (χ3v) is 3.94. The van der Waals surface area contributed by atoms with Crippen LogP contribution in [-0.4, -0.2) is 0 Å². The van der Waals surface area contributed by atoms with Crippen molar-refractivity contribution in [3.05, 3.63) is 44.3 Å². The third-order valence-electron chi connectivity index (χ3n) is 2.16. The first kappa shape index (κ1) is 9.90. The van der Waals surface area contributed by atoms with Gasteiger partial charge in [0.25, 0.3) is 0 Å². The first-order valence-corrected chi connectivity index (χ1v) is 6.43. The monoisotopic (exact) mass is 223 g/mol. The molecule has 0 aliphatic heterocycles. The quantitative estimate of drug-likeness (QED) is 0.837. The van der Waals surface area contributed by atoms with E-state index in [2.05, 4.69) is 40.5 Å². The van der Waals surface area contributed by atoms with Gasteiger partial charge < -0.3 is 5.32 Å². The number of aryl methyl sites for hydroxylation is 1. The third kappa shape index (κ3) is 2.44. The van der Waals surface area contributed by atoms with Crippen LogP contribution in [0.15, 0.2) is 28.3 Å². The molecule has 0 aliphatic rings. The highest BCUT2D eigenvalue weighted by atomic mass is 32.1. The fraction of sp³-hybridized carbons (Fsp3) is 0.273. The molecule has 74 valence electrons. The van der Waals surface area contributed by atoms with Gasteiger partial charge in [-0.25, -0.2) is 0 Å². The summed E-state index contributed by atoms with van der Waals surface area (Å²) in [6.07, 6.45) is 0. The maximum Gasteiger partial charge on any atom is 0.0302 e. The summed E-state index contributed by atoms with van der Waals surface area (Å²) >= 11 is 3.58. The molecule has 2 aromatic rings. The van der Waals surface area contributed by atoms with Gasteiger partial charge in [0.1, 0.15) is 0 Å². The maximum atomic E-state index is 3.45. The van der Waals surface area contributed by atoms with E-state index in [4.69, 9.17) is 0 Å². The molecular formula is C11H13NS2. The van der Waals surface area contributed by atoms with Gasteiger partial charge >= 0.3 is 0 Å². The zero-order valence-corrected chi connectivity index (χ0v) is 9.75. The second kappa shape index (κ2) is 4.73. The van der Waals surface area contributed by atoms with Crippen LogP contribution in [0.5, 0.6) is 0 Å². The lowest BCUT2D eigenvalue weighted by Gasteiger charge is -2.02. The van der Waals surface area contributed by atoms with E-state index in [1.807, 2.05) is 0 Å². The Balaban J connectivity index is 1.81. The predicted molar refractivity (Wildman–Crippen MR) is 63.9 cm³/mol. The Bertz CT molecular complexity index is 376. The maximum absolute atomic E-state index is 3.45. The second-order valence-electron chi connectivity index (χ2n) is 3.26. The van der Waals surface area contributed by atoms with Gasteiger partial charge in [-0.2, -0.15) is 11.3 Å². The Hall–Kier alpha value is -0.640. The summed E-state index contributed by atoms with van der Waals surface area (Å²) in [5.74, 6) is 0. The van der Waals surface area contributed by atoms with E-state index in [9.17, 15) is 0 Å². The lowest BCUT2D eigenvalue weighted by Crippen LogP contribution is -2.11. The first-order valence-electron chi connectivity index (χ1n) is 4.61. The number of hydrogen-bond donors (Lipinski definition) is 1. The van der Waals surface area contributed by atoms with Gasteiger partial charge in [0.2, 0.25) is 0 Å². The van der Waals surface area contributed by atoms with Crippen molar-refractivity contribution >= 4 is 22.7 Å². The number of rotatable bonds is 4.